The summed E-state index contributed by atoms with van der Waals surface area (Å²) in [5.41, 5.74) is 3.19. The van der Waals surface area contributed by atoms with Crippen molar-refractivity contribution < 1.29 is 4.79 Å². The molecule has 0 saturated heterocycles. The van der Waals surface area contributed by atoms with Gasteiger partial charge in [0.1, 0.15) is 0 Å². The van der Waals surface area contributed by atoms with E-state index < -0.39 is 0 Å². The molecule has 0 bridgehead atoms. The van der Waals surface area contributed by atoms with E-state index >= 15 is 0 Å². The van der Waals surface area contributed by atoms with Crippen molar-refractivity contribution in [2.24, 2.45) is 0 Å². The number of benzene rings is 1. The number of carbonyl (C=O) groups excluding carboxylic acids is 1. The first-order valence-corrected chi connectivity index (χ1v) is 6.25. The molecular weight excluding hydrogens is 238 g/mol. The standard InChI is InChI=1S/C15H17N3O/c1-12-5-2-3-6-13(12)8-10-17-15(19)18-14-7-4-9-16-11-14/h2-7,9,11H,8,10H2,1H3,(H2,17,18,19). The number of pyridine rings is 1. The summed E-state index contributed by atoms with van der Waals surface area (Å²) in [7, 11) is 0. The maximum absolute atomic E-state index is 11.6. The van der Waals surface area contributed by atoms with Crippen LogP contribution in [0.3, 0.4) is 0 Å². The van der Waals surface area contributed by atoms with Crippen molar-refractivity contribution in [1.82, 2.24) is 10.3 Å². The Balaban J connectivity index is 1.77. The normalized spacial score (nSPS) is 9.95. The van der Waals surface area contributed by atoms with Crippen LogP contribution >= 0.6 is 0 Å². The van der Waals surface area contributed by atoms with Gasteiger partial charge in [0.05, 0.1) is 11.9 Å². The van der Waals surface area contributed by atoms with Crippen LogP contribution < -0.4 is 10.6 Å². The first-order chi connectivity index (χ1) is 9.25. The van der Waals surface area contributed by atoms with Crippen molar-refractivity contribution in [3.05, 3.63) is 59.9 Å². The molecule has 1 heterocycles. The molecule has 0 atom stereocenters. The molecule has 19 heavy (non-hydrogen) atoms. The summed E-state index contributed by atoms with van der Waals surface area (Å²) in [6, 6.07) is 11.6. The van der Waals surface area contributed by atoms with Crippen LogP contribution in [0.1, 0.15) is 11.1 Å². The van der Waals surface area contributed by atoms with E-state index in [4.69, 9.17) is 0 Å². The molecule has 2 N–H and O–H groups in total. The van der Waals surface area contributed by atoms with Crippen LogP contribution in [0.25, 0.3) is 0 Å². The molecule has 0 aliphatic heterocycles. The van der Waals surface area contributed by atoms with Gasteiger partial charge >= 0.3 is 6.03 Å². The van der Waals surface area contributed by atoms with E-state index in [-0.39, 0.29) is 6.03 Å². The largest absolute Gasteiger partial charge is 0.338 e. The SMILES string of the molecule is Cc1ccccc1CCNC(=O)Nc1cccnc1. The highest BCUT2D eigenvalue weighted by molar-refractivity contribution is 5.88. The Labute approximate surface area is 112 Å². The number of aryl methyl sites for hydroxylation is 1. The average molecular weight is 255 g/mol. The van der Waals surface area contributed by atoms with E-state index in [1.165, 1.54) is 11.1 Å². The third-order valence-corrected chi connectivity index (χ3v) is 2.86. The monoisotopic (exact) mass is 255 g/mol. The van der Waals surface area contributed by atoms with Gasteiger partial charge in [-0.25, -0.2) is 4.79 Å². The van der Waals surface area contributed by atoms with Crippen LogP contribution in [0.2, 0.25) is 0 Å². The third kappa shape index (κ3) is 4.10. The van der Waals surface area contributed by atoms with Gasteiger partial charge in [0.25, 0.3) is 0 Å². The Morgan fingerprint density at radius 3 is 2.79 bits per heavy atom. The van der Waals surface area contributed by atoms with E-state index in [2.05, 4.69) is 34.7 Å². The lowest BCUT2D eigenvalue weighted by molar-refractivity contribution is 0.252. The fourth-order valence-electron chi connectivity index (χ4n) is 1.81. The zero-order chi connectivity index (χ0) is 13.5. The molecule has 0 spiro atoms. The van der Waals surface area contributed by atoms with Gasteiger partial charge in [-0.05, 0) is 36.6 Å². The Hall–Kier alpha value is -2.36. The van der Waals surface area contributed by atoms with Gasteiger partial charge in [0, 0.05) is 12.7 Å². The molecule has 0 aliphatic rings. The lowest BCUT2D eigenvalue weighted by atomic mass is 10.1. The van der Waals surface area contributed by atoms with Crippen molar-refractivity contribution in [3.8, 4) is 0 Å². The summed E-state index contributed by atoms with van der Waals surface area (Å²) in [4.78, 5) is 15.6. The number of nitrogens with one attached hydrogen (secondary N) is 2. The predicted molar refractivity (Wildman–Crippen MR) is 76.1 cm³/mol. The van der Waals surface area contributed by atoms with E-state index in [0.717, 1.165) is 6.42 Å². The second kappa shape index (κ2) is 6.54. The van der Waals surface area contributed by atoms with Crippen LogP contribution in [-0.2, 0) is 6.42 Å². The Kier molecular flexibility index (Phi) is 4.50. The molecule has 2 aromatic rings. The summed E-state index contributed by atoms with van der Waals surface area (Å²) < 4.78 is 0. The smallest absolute Gasteiger partial charge is 0.319 e. The predicted octanol–water partition coefficient (Wildman–Crippen LogP) is 2.75. The lowest BCUT2D eigenvalue weighted by Crippen LogP contribution is -2.30. The molecule has 0 aliphatic carbocycles. The van der Waals surface area contributed by atoms with E-state index in [9.17, 15) is 4.79 Å². The summed E-state index contributed by atoms with van der Waals surface area (Å²) >= 11 is 0. The van der Waals surface area contributed by atoms with Crippen molar-refractivity contribution in [2.45, 2.75) is 13.3 Å². The van der Waals surface area contributed by atoms with Crippen LogP contribution in [-0.4, -0.2) is 17.6 Å². The first-order valence-electron chi connectivity index (χ1n) is 6.25. The van der Waals surface area contributed by atoms with Gasteiger partial charge in [-0.1, -0.05) is 24.3 Å². The molecule has 0 unspecified atom stereocenters. The molecular formula is C15H17N3O. The number of amides is 2. The van der Waals surface area contributed by atoms with Crippen molar-refractivity contribution in [2.75, 3.05) is 11.9 Å². The maximum atomic E-state index is 11.6. The first kappa shape index (κ1) is 13.1. The molecule has 98 valence electrons. The molecule has 2 amide bonds. The number of anilines is 1. The molecule has 4 heteroatoms. The van der Waals surface area contributed by atoms with Crippen LogP contribution in [0, 0.1) is 6.92 Å². The van der Waals surface area contributed by atoms with Gasteiger partial charge in [-0.2, -0.15) is 0 Å². The highest BCUT2D eigenvalue weighted by Crippen LogP contribution is 2.07. The number of hydrogen-bond donors (Lipinski definition) is 2. The topological polar surface area (TPSA) is 54.0 Å². The molecule has 2 rings (SSSR count). The molecule has 0 radical (unpaired) electrons. The Morgan fingerprint density at radius 1 is 1.21 bits per heavy atom. The maximum Gasteiger partial charge on any atom is 0.319 e. The van der Waals surface area contributed by atoms with Crippen molar-refractivity contribution in [3.63, 3.8) is 0 Å². The highest BCUT2D eigenvalue weighted by atomic mass is 16.2. The van der Waals surface area contributed by atoms with Gasteiger partial charge < -0.3 is 10.6 Å². The minimum absolute atomic E-state index is 0.207. The number of hydrogen-bond acceptors (Lipinski definition) is 2. The van der Waals surface area contributed by atoms with Crippen LogP contribution in [0.4, 0.5) is 10.5 Å². The second-order valence-corrected chi connectivity index (χ2v) is 4.30. The molecule has 4 nitrogen and oxygen atoms in total. The lowest BCUT2D eigenvalue weighted by Gasteiger charge is -2.08. The van der Waals surface area contributed by atoms with Gasteiger partial charge in [-0.15, -0.1) is 0 Å². The zero-order valence-corrected chi connectivity index (χ0v) is 10.9. The van der Waals surface area contributed by atoms with E-state index in [1.807, 2.05) is 12.1 Å². The summed E-state index contributed by atoms with van der Waals surface area (Å²) in [6.45, 7) is 2.68. The number of aromatic nitrogens is 1. The molecule has 1 aromatic heterocycles. The zero-order valence-electron chi connectivity index (χ0n) is 10.9. The number of carbonyl (C=O) groups is 1. The molecule has 1 aromatic carbocycles. The number of nitrogens with zero attached hydrogens (tertiary/aromatic N) is 1. The minimum atomic E-state index is -0.207. The van der Waals surface area contributed by atoms with E-state index in [0.29, 0.717) is 12.2 Å². The van der Waals surface area contributed by atoms with Crippen molar-refractivity contribution >= 4 is 11.7 Å². The van der Waals surface area contributed by atoms with Crippen molar-refractivity contribution in [1.29, 1.82) is 0 Å². The van der Waals surface area contributed by atoms with Gasteiger partial charge in [0.2, 0.25) is 0 Å². The quantitative estimate of drug-likeness (QED) is 0.882. The highest BCUT2D eigenvalue weighted by Gasteiger charge is 2.01. The van der Waals surface area contributed by atoms with Gasteiger partial charge in [-0.3, -0.25) is 4.98 Å². The fraction of sp³-hybridized carbons (Fsp3) is 0.200. The Bertz CT molecular complexity index is 540. The van der Waals surface area contributed by atoms with E-state index in [1.54, 1.807) is 24.5 Å². The molecule has 0 fully saturated rings. The molecule has 0 saturated carbocycles. The average Bonchev–Trinajstić information content (AvgIpc) is 2.42. The van der Waals surface area contributed by atoms with Crippen LogP contribution in [0.15, 0.2) is 48.8 Å². The third-order valence-electron chi connectivity index (χ3n) is 2.86. The Morgan fingerprint density at radius 2 is 2.05 bits per heavy atom. The summed E-state index contributed by atoms with van der Waals surface area (Å²) in [6.07, 6.45) is 4.11. The fourth-order valence-corrected chi connectivity index (χ4v) is 1.81. The summed E-state index contributed by atoms with van der Waals surface area (Å²) in [5.74, 6) is 0. The van der Waals surface area contributed by atoms with Crippen LogP contribution in [0.5, 0.6) is 0 Å². The second-order valence-electron chi connectivity index (χ2n) is 4.30. The number of urea groups is 1. The minimum Gasteiger partial charge on any atom is -0.338 e. The number of rotatable bonds is 4. The summed E-state index contributed by atoms with van der Waals surface area (Å²) in [5, 5.41) is 5.56. The van der Waals surface area contributed by atoms with Gasteiger partial charge in [0.15, 0.2) is 0 Å².